The van der Waals surface area contributed by atoms with E-state index >= 15 is 0 Å². The summed E-state index contributed by atoms with van der Waals surface area (Å²) >= 11 is 0. The highest BCUT2D eigenvalue weighted by Gasteiger charge is 2.07. The van der Waals surface area contributed by atoms with Crippen molar-refractivity contribution in [1.82, 2.24) is 0 Å². The Morgan fingerprint density at radius 1 is 1.17 bits per heavy atom. The van der Waals surface area contributed by atoms with Gasteiger partial charge in [-0.1, -0.05) is 18.2 Å². The van der Waals surface area contributed by atoms with Gasteiger partial charge in [-0.25, -0.2) is 4.79 Å². The largest absolute Gasteiger partial charge is 0.504 e. The molecule has 0 heterocycles. The van der Waals surface area contributed by atoms with E-state index in [1.54, 1.807) is 6.07 Å². The summed E-state index contributed by atoms with van der Waals surface area (Å²) in [5, 5.41) is 29.2. The van der Waals surface area contributed by atoms with Crippen molar-refractivity contribution in [3.05, 3.63) is 69.8 Å². The third-order valence-corrected chi connectivity index (χ3v) is 2.91. The van der Waals surface area contributed by atoms with Crippen molar-refractivity contribution in [3.63, 3.8) is 0 Å². The lowest BCUT2D eigenvalue weighted by Gasteiger charge is -2.02. The first-order valence-electron chi connectivity index (χ1n) is 6.56. The molecule has 2 aromatic carbocycles. The van der Waals surface area contributed by atoms with Crippen LogP contribution < -0.4 is 0 Å². The molecule has 0 saturated heterocycles. The Bertz CT molecular complexity index is 769. The van der Waals surface area contributed by atoms with Gasteiger partial charge in [-0.3, -0.25) is 10.1 Å². The summed E-state index contributed by atoms with van der Waals surface area (Å²) in [5.41, 5.74) is 0.935. The lowest BCUT2D eigenvalue weighted by Crippen LogP contribution is -2.01. The van der Waals surface area contributed by atoms with Gasteiger partial charge in [-0.05, 0) is 29.3 Å². The van der Waals surface area contributed by atoms with Gasteiger partial charge in [0.15, 0.2) is 11.5 Å². The number of rotatable bonds is 5. The molecule has 0 aliphatic carbocycles. The van der Waals surface area contributed by atoms with Gasteiger partial charge in [-0.2, -0.15) is 0 Å². The van der Waals surface area contributed by atoms with Gasteiger partial charge in [0, 0.05) is 18.2 Å². The number of hydrogen-bond donors (Lipinski definition) is 2. The molecule has 0 atom stereocenters. The van der Waals surface area contributed by atoms with Crippen molar-refractivity contribution in [2.45, 2.75) is 6.61 Å². The molecule has 2 aromatic rings. The van der Waals surface area contributed by atoms with E-state index in [2.05, 4.69) is 0 Å². The van der Waals surface area contributed by atoms with Gasteiger partial charge in [0.05, 0.1) is 4.92 Å². The van der Waals surface area contributed by atoms with E-state index in [4.69, 9.17) is 4.74 Å². The molecule has 23 heavy (non-hydrogen) atoms. The van der Waals surface area contributed by atoms with Crippen LogP contribution >= 0.6 is 0 Å². The molecule has 0 fully saturated rings. The predicted molar refractivity (Wildman–Crippen MR) is 81.7 cm³/mol. The fourth-order valence-electron chi connectivity index (χ4n) is 1.77. The Labute approximate surface area is 131 Å². The van der Waals surface area contributed by atoms with Crippen LogP contribution in [0.1, 0.15) is 11.1 Å². The number of nitro benzene ring substituents is 1. The average Bonchev–Trinajstić information content (AvgIpc) is 2.54. The van der Waals surface area contributed by atoms with Gasteiger partial charge >= 0.3 is 5.97 Å². The third-order valence-electron chi connectivity index (χ3n) is 2.91. The zero-order valence-electron chi connectivity index (χ0n) is 11.9. The first kappa shape index (κ1) is 16.0. The number of carbonyl (C=O) groups is 1. The molecule has 118 valence electrons. The minimum absolute atomic E-state index is 0.0753. The summed E-state index contributed by atoms with van der Waals surface area (Å²) in [6.45, 7) is -0.0916. The molecule has 0 spiro atoms. The predicted octanol–water partition coefficient (Wildman–Crippen LogP) is 2.76. The van der Waals surface area contributed by atoms with E-state index in [9.17, 15) is 25.1 Å². The number of ether oxygens (including phenoxy) is 1. The van der Waals surface area contributed by atoms with E-state index < -0.39 is 10.9 Å². The molecule has 7 heteroatoms. The molecule has 0 unspecified atom stereocenters. The van der Waals surface area contributed by atoms with Gasteiger partial charge in [0.1, 0.15) is 6.61 Å². The summed E-state index contributed by atoms with van der Waals surface area (Å²) < 4.78 is 4.98. The van der Waals surface area contributed by atoms with Crippen LogP contribution in [0, 0.1) is 10.1 Å². The Balaban J connectivity index is 1.94. The number of non-ortho nitro benzene ring substituents is 1. The van der Waals surface area contributed by atoms with Crippen molar-refractivity contribution in [2.75, 3.05) is 0 Å². The second-order valence-electron chi connectivity index (χ2n) is 4.62. The second kappa shape index (κ2) is 7.08. The SMILES string of the molecule is O=C(C=Cc1ccc(O)c(O)c1)OCc1cccc([N+](=O)[O-])c1. The maximum atomic E-state index is 11.6. The normalized spacial score (nSPS) is 10.6. The van der Waals surface area contributed by atoms with Crippen molar-refractivity contribution in [2.24, 2.45) is 0 Å². The van der Waals surface area contributed by atoms with Crippen LogP contribution in [0.2, 0.25) is 0 Å². The van der Waals surface area contributed by atoms with E-state index in [1.165, 1.54) is 42.5 Å². The van der Waals surface area contributed by atoms with E-state index in [1.807, 2.05) is 0 Å². The van der Waals surface area contributed by atoms with Crippen LogP contribution in [0.15, 0.2) is 48.5 Å². The Hall–Kier alpha value is -3.35. The first-order chi connectivity index (χ1) is 11.0. The summed E-state index contributed by atoms with van der Waals surface area (Å²) in [6.07, 6.45) is 2.57. The molecule has 0 radical (unpaired) electrons. The fraction of sp³-hybridized carbons (Fsp3) is 0.0625. The van der Waals surface area contributed by atoms with Crippen LogP contribution in [0.25, 0.3) is 6.08 Å². The fourth-order valence-corrected chi connectivity index (χ4v) is 1.77. The van der Waals surface area contributed by atoms with Crippen LogP contribution in [-0.2, 0) is 16.1 Å². The Morgan fingerprint density at radius 3 is 2.65 bits per heavy atom. The number of nitro groups is 1. The van der Waals surface area contributed by atoms with Gasteiger partial charge in [0.2, 0.25) is 0 Å². The first-order valence-corrected chi connectivity index (χ1v) is 6.56. The van der Waals surface area contributed by atoms with E-state index in [0.717, 1.165) is 6.08 Å². The number of carbonyl (C=O) groups excluding carboxylic acids is 1. The molecular formula is C16H13NO6. The van der Waals surface area contributed by atoms with Crippen LogP contribution in [0.4, 0.5) is 5.69 Å². The van der Waals surface area contributed by atoms with Crippen LogP contribution in [-0.4, -0.2) is 21.1 Å². The zero-order chi connectivity index (χ0) is 16.8. The number of phenolic OH excluding ortho intramolecular Hbond substituents is 2. The minimum atomic E-state index is -0.635. The van der Waals surface area contributed by atoms with Crippen LogP contribution in [0.5, 0.6) is 11.5 Å². The van der Waals surface area contributed by atoms with Gasteiger partial charge in [0.25, 0.3) is 5.69 Å². The van der Waals surface area contributed by atoms with Crippen LogP contribution in [0.3, 0.4) is 0 Å². The molecule has 0 aliphatic heterocycles. The summed E-state index contributed by atoms with van der Waals surface area (Å²) in [5.74, 6) is -1.18. The smallest absolute Gasteiger partial charge is 0.331 e. The third kappa shape index (κ3) is 4.57. The van der Waals surface area contributed by atoms with Crippen molar-refractivity contribution >= 4 is 17.7 Å². The zero-order valence-corrected chi connectivity index (χ0v) is 11.9. The number of aromatic hydroxyl groups is 2. The maximum Gasteiger partial charge on any atom is 0.331 e. The maximum absolute atomic E-state index is 11.6. The average molecular weight is 315 g/mol. The number of phenols is 2. The molecule has 2 N–H and O–H groups in total. The minimum Gasteiger partial charge on any atom is -0.504 e. The highest BCUT2D eigenvalue weighted by Crippen LogP contribution is 2.25. The summed E-state index contributed by atoms with van der Waals surface area (Å²) in [4.78, 5) is 21.7. The highest BCUT2D eigenvalue weighted by molar-refractivity contribution is 5.87. The van der Waals surface area contributed by atoms with E-state index in [-0.39, 0.29) is 23.8 Å². The quantitative estimate of drug-likeness (QED) is 0.288. The number of benzene rings is 2. The lowest BCUT2D eigenvalue weighted by molar-refractivity contribution is -0.384. The molecule has 0 amide bonds. The Kier molecular flexibility index (Phi) is 4.93. The van der Waals surface area contributed by atoms with Crippen molar-refractivity contribution < 1.29 is 24.7 Å². The number of esters is 1. The van der Waals surface area contributed by atoms with E-state index in [0.29, 0.717) is 11.1 Å². The summed E-state index contributed by atoms with van der Waals surface area (Å²) in [6, 6.07) is 9.90. The van der Waals surface area contributed by atoms with Gasteiger partial charge in [-0.15, -0.1) is 0 Å². The molecule has 0 aromatic heterocycles. The molecule has 7 nitrogen and oxygen atoms in total. The Morgan fingerprint density at radius 2 is 1.96 bits per heavy atom. The topological polar surface area (TPSA) is 110 Å². The molecule has 2 rings (SSSR count). The number of hydrogen-bond acceptors (Lipinski definition) is 6. The highest BCUT2D eigenvalue weighted by atomic mass is 16.6. The summed E-state index contributed by atoms with van der Waals surface area (Å²) in [7, 11) is 0. The standard InChI is InChI=1S/C16H13NO6/c18-14-6-4-11(9-15(14)19)5-7-16(20)23-10-12-2-1-3-13(8-12)17(21)22/h1-9,18-19H,10H2. The van der Waals surface area contributed by atoms with Gasteiger partial charge < -0.3 is 14.9 Å². The molecular weight excluding hydrogens is 302 g/mol. The monoisotopic (exact) mass is 315 g/mol. The number of nitrogens with zero attached hydrogens (tertiary/aromatic N) is 1. The molecule has 0 bridgehead atoms. The molecule has 0 saturated carbocycles. The lowest BCUT2D eigenvalue weighted by atomic mass is 10.2. The van der Waals surface area contributed by atoms with Crippen molar-refractivity contribution in [3.8, 4) is 11.5 Å². The van der Waals surface area contributed by atoms with Crippen molar-refractivity contribution in [1.29, 1.82) is 0 Å². The second-order valence-corrected chi connectivity index (χ2v) is 4.62. The molecule has 0 aliphatic rings.